The van der Waals surface area contributed by atoms with Crippen molar-refractivity contribution >= 4 is 17.5 Å². The number of carbonyl (C=O) groups excluding carboxylic acids is 2. The standard InChI is InChI=1S/C27H37N3O2/c1-5-25(21-10-8-7-9-11-21)27(32)29-18-16-23(17-19-29)28-26(31)22-12-14-24(15-13-22)30(6-2)20(3)4/h7-15,20,23,25H,5-6,16-19H2,1-4H3,(H,28,31). The highest BCUT2D eigenvalue weighted by atomic mass is 16.2. The lowest BCUT2D eigenvalue weighted by Crippen LogP contribution is -2.47. The molecule has 3 rings (SSSR count). The van der Waals surface area contributed by atoms with Crippen LogP contribution < -0.4 is 10.2 Å². The van der Waals surface area contributed by atoms with E-state index in [0.717, 1.165) is 37.1 Å². The molecule has 1 aliphatic heterocycles. The third kappa shape index (κ3) is 5.70. The number of amides is 2. The fourth-order valence-electron chi connectivity index (χ4n) is 4.62. The Labute approximate surface area is 192 Å². The van der Waals surface area contributed by atoms with Gasteiger partial charge in [-0.05, 0) is 69.9 Å². The van der Waals surface area contributed by atoms with Crippen LogP contribution in [-0.2, 0) is 4.79 Å². The normalized spacial score (nSPS) is 15.5. The van der Waals surface area contributed by atoms with Crippen molar-refractivity contribution in [3.63, 3.8) is 0 Å². The van der Waals surface area contributed by atoms with Crippen molar-refractivity contribution in [2.75, 3.05) is 24.5 Å². The van der Waals surface area contributed by atoms with Gasteiger partial charge >= 0.3 is 0 Å². The molecule has 5 nitrogen and oxygen atoms in total. The number of nitrogens with one attached hydrogen (secondary N) is 1. The molecule has 1 atom stereocenters. The van der Waals surface area contributed by atoms with Gasteiger partial charge in [0, 0.05) is 43.0 Å². The van der Waals surface area contributed by atoms with Gasteiger partial charge in [0.15, 0.2) is 0 Å². The molecular formula is C27H37N3O2. The van der Waals surface area contributed by atoms with Gasteiger partial charge in [-0.3, -0.25) is 9.59 Å². The van der Waals surface area contributed by atoms with Gasteiger partial charge in [0.25, 0.3) is 5.91 Å². The molecule has 32 heavy (non-hydrogen) atoms. The first kappa shape index (κ1) is 23.8. The SMILES string of the molecule is CCC(C(=O)N1CCC(NC(=O)c2ccc(N(CC)C(C)C)cc2)CC1)c1ccccc1. The summed E-state index contributed by atoms with van der Waals surface area (Å²) in [6, 6.07) is 18.4. The lowest BCUT2D eigenvalue weighted by atomic mass is 9.93. The van der Waals surface area contributed by atoms with E-state index in [0.29, 0.717) is 24.7 Å². The highest BCUT2D eigenvalue weighted by Crippen LogP contribution is 2.24. The number of hydrogen-bond donors (Lipinski definition) is 1. The van der Waals surface area contributed by atoms with E-state index in [9.17, 15) is 9.59 Å². The summed E-state index contributed by atoms with van der Waals surface area (Å²) in [6.07, 6.45) is 2.37. The number of hydrogen-bond acceptors (Lipinski definition) is 3. The number of piperidine rings is 1. The second-order valence-electron chi connectivity index (χ2n) is 8.87. The van der Waals surface area contributed by atoms with Crippen LogP contribution in [-0.4, -0.2) is 48.4 Å². The van der Waals surface area contributed by atoms with Crippen LogP contribution in [0.2, 0.25) is 0 Å². The van der Waals surface area contributed by atoms with Gasteiger partial charge in [-0.1, -0.05) is 37.3 Å². The molecule has 0 aromatic heterocycles. The molecule has 2 aromatic carbocycles. The van der Waals surface area contributed by atoms with E-state index in [1.165, 1.54) is 0 Å². The van der Waals surface area contributed by atoms with E-state index in [1.54, 1.807) is 0 Å². The first-order valence-corrected chi connectivity index (χ1v) is 12.0. The Balaban J connectivity index is 1.53. The first-order chi connectivity index (χ1) is 15.4. The van der Waals surface area contributed by atoms with Crippen LogP contribution in [0.1, 0.15) is 68.8 Å². The topological polar surface area (TPSA) is 52.7 Å². The molecule has 1 N–H and O–H groups in total. The first-order valence-electron chi connectivity index (χ1n) is 12.0. The van der Waals surface area contributed by atoms with Crippen LogP contribution in [0.4, 0.5) is 5.69 Å². The molecule has 0 radical (unpaired) electrons. The van der Waals surface area contributed by atoms with Crippen LogP contribution in [0.3, 0.4) is 0 Å². The smallest absolute Gasteiger partial charge is 0.251 e. The van der Waals surface area contributed by atoms with Crippen molar-refractivity contribution in [1.29, 1.82) is 0 Å². The molecular weight excluding hydrogens is 398 g/mol. The second-order valence-corrected chi connectivity index (χ2v) is 8.87. The molecule has 1 heterocycles. The van der Waals surface area contributed by atoms with Crippen molar-refractivity contribution in [1.82, 2.24) is 10.2 Å². The van der Waals surface area contributed by atoms with Crippen molar-refractivity contribution in [3.8, 4) is 0 Å². The Morgan fingerprint density at radius 2 is 1.62 bits per heavy atom. The average Bonchev–Trinajstić information content (AvgIpc) is 2.81. The van der Waals surface area contributed by atoms with E-state index in [-0.39, 0.29) is 23.8 Å². The largest absolute Gasteiger partial charge is 0.369 e. The molecule has 1 fully saturated rings. The monoisotopic (exact) mass is 435 g/mol. The van der Waals surface area contributed by atoms with Crippen molar-refractivity contribution in [3.05, 3.63) is 65.7 Å². The summed E-state index contributed by atoms with van der Waals surface area (Å²) in [5.41, 5.74) is 2.90. The Morgan fingerprint density at radius 3 is 2.16 bits per heavy atom. The third-order valence-electron chi connectivity index (χ3n) is 6.48. The van der Waals surface area contributed by atoms with E-state index in [2.05, 4.69) is 37.9 Å². The maximum Gasteiger partial charge on any atom is 0.251 e. The predicted molar refractivity (Wildman–Crippen MR) is 131 cm³/mol. The third-order valence-corrected chi connectivity index (χ3v) is 6.48. The molecule has 2 amide bonds. The van der Waals surface area contributed by atoms with Crippen LogP contribution >= 0.6 is 0 Å². The summed E-state index contributed by atoms with van der Waals surface area (Å²) in [6.45, 7) is 10.9. The van der Waals surface area contributed by atoms with E-state index in [4.69, 9.17) is 0 Å². The molecule has 5 heteroatoms. The number of rotatable bonds is 8. The zero-order chi connectivity index (χ0) is 23.1. The summed E-state index contributed by atoms with van der Waals surface area (Å²) < 4.78 is 0. The predicted octanol–water partition coefficient (Wildman–Crippen LogP) is 4.84. The molecule has 0 bridgehead atoms. The summed E-state index contributed by atoms with van der Waals surface area (Å²) in [5.74, 6) is 0.0729. The number of anilines is 1. The minimum Gasteiger partial charge on any atom is -0.369 e. The lowest BCUT2D eigenvalue weighted by Gasteiger charge is -2.34. The molecule has 172 valence electrons. The highest BCUT2D eigenvalue weighted by Gasteiger charge is 2.29. The zero-order valence-corrected chi connectivity index (χ0v) is 19.9. The number of benzene rings is 2. The van der Waals surface area contributed by atoms with Crippen molar-refractivity contribution in [2.24, 2.45) is 0 Å². The van der Waals surface area contributed by atoms with Gasteiger partial charge in [-0.2, -0.15) is 0 Å². The molecule has 0 saturated carbocycles. The second kappa shape index (κ2) is 11.2. The van der Waals surface area contributed by atoms with Gasteiger partial charge in [0.1, 0.15) is 0 Å². The van der Waals surface area contributed by atoms with E-state index < -0.39 is 0 Å². The maximum absolute atomic E-state index is 13.1. The minimum absolute atomic E-state index is 0.0374. The van der Waals surface area contributed by atoms with Gasteiger partial charge in [0.05, 0.1) is 5.92 Å². The number of likely N-dealkylation sites (tertiary alicyclic amines) is 1. The van der Waals surface area contributed by atoms with Crippen molar-refractivity contribution < 1.29 is 9.59 Å². The summed E-state index contributed by atoms with van der Waals surface area (Å²) in [4.78, 5) is 30.1. The molecule has 1 unspecified atom stereocenters. The van der Waals surface area contributed by atoms with Crippen LogP contribution in [0.15, 0.2) is 54.6 Å². The Bertz CT molecular complexity index is 872. The Morgan fingerprint density at radius 1 is 1.00 bits per heavy atom. The molecule has 0 spiro atoms. The highest BCUT2D eigenvalue weighted by molar-refractivity contribution is 5.94. The van der Waals surface area contributed by atoms with E-state index in [1.807, 2.05) is 59.5 Å². The van der Waals surface area contributed by atoms with Gasteiger partial charge in [-0.15, -0.1) is 0 Å². The van der Waals surface area contributed by atoms with Gasteiger partial charge < -0.3 is 15.1 Å². The fraction of sp³-hybridized carbons (Fsp3) is 0.481. The average molecular weight is 436 g/mol. The molecule has 2 aromatic rings. The lowest BCUT2D eigenvalue weighted by molar-refractivity contribution is -0.134. The summed E-state index contributed by atoms with van der Waals surface area (Å²) >= 11 is 0. The summed E-state index contributed by atoms with van der Waals surface area (Å²) in [5, 5.41) is 3.16. The van der Waals surface area contributed by atoms with Gasteiger partial charge in [0.2, 0.25) is 5.91 Å². The van der Waals surface area contributed by atoms with E-state index >= 15 is 0 Å². The number of nitrogens with zero attached hydrogens (tertiary/aromatic N) is 2. The van der Waals surface area contributed by atoms with Gasteiger partial charge in [-0.25, -0.2) is 0 Å². The van der Waals surface area contributed by atoms with Crippen molar-refractivity contribution in [2.45, 2.75) is 65.0 Å². The molecule has 0 aliphatic carbocycles. The zero-order valence-electron chi connectivity index (χ0n) is 19.9. The van der Waals surface area contributed by atoms with Crippen LogP contribution in [0.5, 0.6) is 0 Å². The molecule has 1 saturated heterocycles. The fourth-order valence-corrected chi connectivity index (χ4v) is 4.62. The van der Waals surface area contributed by atoms with Crippen LogP contribution in [0.25, 0.3) is 0 Å². The summed E-state index contributed by atoms with van der Waals surface area (Å²) in [7, 11) is 0. The maximum atomic E-state index is 13.1. The minimum atomic E-state index is -0.0885. The Hall–Kier alpha value is -2.82. The molecule has 1 aliphatic rings. The van der Waals surface area contributed by atoms with Crippen LogP contribution in [0, 0.1) is 0 Å². The number of carbonyl (C=O) groups is 2. The quantitative estimate of drug-likeness (QED) is 0.646. The Kier molecular flexibility index (Phi) is 8.32.